The lowest BCUT2D eigenvalue weighted by molar-refractivity contribution is 0.622. The number of aromatic nitrogens is 3. The molecular weight excluding hydrogens is 214 g/mol. The fourth-order valence-electron chi connectivity index (χ4n) is 2.07. The number of nitrogens with zero attached hydrogens (tertiary/aromatic N) is 4. The molecule has 5 nitrogen and oxygen atoms in total. The van der Waals surface area contributed by atoms with Crippen molar-refractivity contribution in [2.24, 2.45) is 0 Å². The highest BCUT2D eigenvalue weighted by atomic mass is 15.2. The van der Waals surface area contributed by atoms with Crippen LogP contribution in [0.1, 0.15) is 12.1 Å². The minimum absolute atomic E-state index is 0.624. The monoisotopic (exact) mass is 225 g/mol. The molecule has 0 radical (unpaired) electrons. The van der Waals surface area contributed by atoms with Gasteiger partial charge in [0.15, 0.2) is 0 Å². The van der Waals surface area contributed by atoms with Crippen molar-refractivity contribution in [1.29, 1.82) is 5.26 Å². The summed E-state index contributed by atoms with van der Waals surface area (Å²) in [4.78, 5) is 8.47. The van der Waals surface area contributed by atoms with E-state index >= 15 is 0 Å². The Bertz CT molecular complexity index is 579. The van der Waals surface area contributed by atoms with E-state index in [-0.39, 0.29) is 0 Å². The molecule has 0 saturated heterocycles. The SMILES string of the molecule is N#Cc1c(-c2ccncc2)nc2n1CCCN2. The van der Waals surface area contributed by atoms with E-state index in [1.165, 1.54) is 0 Å². The molecule has 0 amide bonds. The Balaban J connectivity index is 2.18. The Kier molecular flexibility index (Phi) is 2.26. The highest BCUT2D eigenvalue weighted by Gasteiger charge is 2.20. The third kappa shape index (κ3) is 1.54. The number of hydrogen-bond acceptors (Lipinski definition) is 4. The van der Waals surface area contributed by atoms with Crippen LogP contribution in [0.2, 0.25) is 0 Å². The highest BCUT2D eigenvalue weighted by Crippen LogP contribution is 2.27. The number of fused-ring (bicyclic) bond motifs is 1. The summed E-state index contributed by atoms with van der Waals surface area (Å²) >= 11 is 0. The molecule has 1 N–H and O–H groups in total. The minimum atomic E-state index is 0.624. The standard InChI is InChI=1S/C12H11N5/c13-8-10-11(9-2-5-14-6-3-9)16-12-15-4-1-7-17(10)12/h2-3,5-6H,1,4,7H2,(H,15,16). The fourth-order valence-corrected chi connectivity index (χ4v) is 2.07. The molecule has 0 aliphatic carbocycles. The van der Waals surface area contributed by atoms with Gasteiger partial charge in [-0.1, -0.05) is 0 Å². The van der Waals surface area contributed by atoms with Crippen LogP contribution in [-0.2, 0) is 6.54 Å². The quantitative estimate of drug-likeness (QED) is 0.801. The van der Waals surface area contributed by atoms with E-state index in [2.05, 4.69) is 21.4 Å². The Morgan fingerprint density at radius 3 is 2.94 bits per heavy atom. The van der Waals surface area contributed by atoms with Crippen LogP contribution < -0.4 is 5.32 Å². The first-order valence-corrected chi connectivity index (χ1v) is 5.55. The topological polar surface area (TPSA) is 66.5 Å². The molecule has 3 heterocycles. The summed E-state index contributed by atoms with van der Waals surface area (Å²) in [5, 5.41) is 12.5. The number of nitriles is 1. The molecule has 5 heteroatoms. The first kappa shape index (κ1) is 9.85. The first-order valence-electron chi connectivity index (χ1n) is 5.55. The second kappa shape index (κ2) is 3.91. The van der Waals surface area contributed by atoms with E-state index in [0.717, 1.165) is 36.7 Å². The largest absolute Gasteiger partial charge is 0.356 e. The van der Waals surface area contributed by atoms with E-state index in [9.17, 15) is 5.26 Å². The molecule has 1 aliphatic heterocycles. The maximum Gasteiger partial charge on any atom is 0.204 e. The second-order valence-electron chi connectivity index (χ2n) is 3.91. The smallest absolute Gasteiger partial charge is 0.204 e. The van der Waals surface area contributed by atoms with Crippen LogP contribution in [0, 0.1) is 11.3 Å². The van der Waals surface area contributed by atoms with Crippen molar-refractivity contribution in [3.63, 3.8) is 0 Å². The molecule has 0 saturated carbocycles. The molecule has 17 heavy (non-hydrogen) atoms. The molecule has 0 aromatic carbocycles. The van der Waals surface area contributed by atoms with Crippen LogP contribution in [0.15, 0.2) is 24.5 Å². The van der Waals surface area contributed by atoms with Crippen molar-refractivity contribution < 1.29 is 0 Å². The summed E-state index contributed by atoms with van der Waals surface area (Å²) < 4.78 is 1.94. The fraction of sp³-hybridized carbons (Fsp3) is 0.250. The average molecular weight is 225 g/mol. The van der Waals surface area contributed by atoms with E-state index in [1.807, 2.05) is 16.7 Å². The lowest BCUT2D eigenvalue weighted by Crippen LogP contribution is -2.18. The summed E-state index contributed by atoms with van der Waals surface area (Å²) in [6.45, 7) is 1.76. The molecule has 84 valence electrons. The van der Waals surface area contributed by atoms with Gasteiger partial charge in [-0.2, -0.15) is 5.26 Å². The van der Waals surface area contributed by atoms with Gasteiger partial charge in [0.05, 0.1) is 0 Å². The molecular formula is C12H11N5. The van der Waals surface area contributed by atoms with Gasteiger partial charge < -0.3 is 9.88 Å². The lowest BCUT2D eigenvalue weighted by atomic mass is 10.1. The maximum atomic E-state index is 9.27. The Labute approximate surface area is 98.7 Å². The van der Waals surface area contributed by atoms with Gasteiger partial charge in [-0.25, -0.2) is 4.98 Å². The Morgan fingerprint density at radius 2 is 2.18 bits per heavy atom. The van der Waals surface area contributed by atoms with Crippen molar-refractivity contribution in [2.75, 3.05) is 11.9 Å². The molecule has 3 rings (SSSR count). The second-order valence-corrected chi connectivity index (χ2v) is 3.91. The number of hydrogen-bond donors (Lipinski definition) is 1. The van der Waals surface area contributed by atoms with Gasteiger partial charge in [0.25, 0.3) is 0 Å². The molecule has 2 aromatic rings. The predicted octanol–water partition coefficient (Wildman–Crippen LogP) is 1.63. The first-order chi connectivity index (χ1) is 8.40. The number of nitrogens with one attached hydrogen (secondary N) is 1. The predicted molar refractivity (Wildman–Crippen MR) is 63.3 cm³/mol. The van der Waals surface area contributed by atoms with Gasteiger partial charge in [0.1, 0.15) is 17.5 Å². The van der Waals surface area contributed by atoms with E-state index in [0.29, 0.717) is 5.69 Å². The van der Waals surface area contributed by atoms with Gasteiger partial charge in [-0.15, -0.1) is 0 Å². The summed E-state index contributed by atoms with van der Waals surface area (Å²) in [5.74, 6) is 0.791. The third-order valence-electron chi connectivity index (χ3n) is 2.87. The Morgan fingerprint density at radius 1 is 1.35 bits per heavy atom. The zero-order valence-corrected chi connectivity index (χ0v) is 9.22. The molecule has 0 bridgehead atoms. The van der Waals surface area contributed by atoms with Gasteiger partial charge in [-0.3, -0.25) is 4.98 Å². The summed E-state index contributed by atoms with van der Waals surface area (Å²) in [6.07, 6.45) is 4.44. The normalized spacial score (nSPS) is 13.6. The van der Waals surface area contributed by atoms with Crippen LogP contribution >= 0.6 is 0 Å². The van der Waals surface area contributed by atoms with Gasteiger partial charge in [0, 0.05) is 31.0 Å². The molecule has 0 spiro atoms. The summed E-state index contributed by atoms with van der Waals surface area (Å²) in [5.41, 5.74) is 2.29. The van der Waals surface area contributed by atoms with Crippen LogP contribution in [0.25, 0.3) is 11.3 Å². The van der Waals surface area contributed by atoms with Crippen molar-refractivity contribution >= 4 is 5.95 Å². The number of rotatable bonds is 1. The minimum Gasteiger partial charge on any atom is -0.356 e. The zero-order valence-electron chi connectivity index (χ0n) is 9.22. The Hall–Kier alpha value is -2.35. The van der Waals surface area contributed by atoms with Crippen molar-refractivity contribution in [1.82, 2.24) is 14.5 Å². The lowest BCUT2D eigenvalue weighted by Gasteiger charge is -2.15. The van der Waals surface area contributed by atoms with Crippen LogP contribution in [0.3, 0.4) is 0 Å². The number of imidazole rings is 1. The van der Waals surface area contributed by atoms with E-state index < -0.39 is 0 Å². The van der Waals surface area contributed by atoms with Crippen molar-refractivity contribution in [2.45, 2.75) is 13.0 Å². The molecule has 1 aliphatic rings. The van der Waals surface area contributed by atoms with Gasteiger partial charge in [-0.05, 0) is 18.6 Å². The summed E-state index contributed by atoms with van der Waals surface area (Å²) in [7, 11) is 0. The van der Waals surface area contributed by atoms with E-state index in [1.54, 1.807) is 12.4 Å². The van der Waals surface area contributed by atoms with Crippen LogP contribution in [0.5, 0.6) is 0 Å². The maximum absolute atomic E-state index is 9.27. The van der Waals surface area contributed by atoms with Gasteiger partial charge >= 0.3 is 0 Å². The molecule has 0 unspecified atom stereocenters. The number of anilines is 1. The van der Waals surface area contributed by atoms with Crippen molar-refractivity contribution in [3.8, 4) is 17.3 Å². The zero-order chi connectivity index (χ0) is 11.7. The van der Waals surface area contributed by atoms with Gasteiger partial charge in [0.2, 0.25) is 5.95 Å². The van der Waals surface area contributed by atoms with E-state index in [4.69, 9.17) is 0 Å². The average Bonchev–Trinajstić information content (AvgIpc) is 2.78. The molecule has 0 atom stereocenters. The number of pyridine rings is 1. The molecule has 0 fully saturated rings. The molecule has 2 aromatic heterocycles. The van der Waals surface area contributed by atoms with Crippen LogP contribution in [-0.4, -0.2) is 21.1 Å². The summed E-state index contributed by atoms with van der Waals surface area (Å²) in [6, 6.07) is 5.98. The highest BCUT2D eigenvalue weighted by molar-refractivity contribution is 5.67. The van der Waals surface area contributed by atoms with Crippen molar-refractivity contribution in [3.05, 3.63) is 30.2 Å². The third-order valence-corrected chi connectivity index (χ3v) is 2.87. The van der Waals surface area contributed by atoms with Crippen LogP contribution in [0.4, 0.5) is 5.95 Å².